The fourth-order valence-electron chi connectivity index (χ4n) is 1.48. The topological polar surface area (TPSA) is 24.9 Å². The Hall–Kier alpha value is -1.56. The molecule has 0 saturated heterocycles. The minimum Gasteiger partial charge on any atom is -0.355 e. The molecule has 6 heteroatoms. The van der Waals surface area contributed by atoms with E-state index in [-0.39, 0.29) is 11.2 Å². The van der Waals surface area contributed by atoms with Crippen LogP contribution in [0.5, 0.6) is 0 Å². The Balaban J connectivity index is 2.08. The summed E-state index contributed by atoms with van der Waals surface area (Å²) in [6.45, 7) is 1.88. The van der Waals surface area contributed by atoms with E-state index in [2.05, 4.69) is 10.3 Å². The van der Waals surface area contributed by atoms with E-state index >= 15 is 0 Å². The Morgan fingerprint density at radius 3 is 2.44 bits per heavy atom. The van der Waals surface area contributed by atoms with Crippen molar-refractivity contribution in [1.29, 1.82) is 0 Å². The molecule has 2 aromatic rings. The molecule has 2 nitrogen and oxygen atoms in total. The molecule has 0 aliphatic heterocycles. The molecule has 0 fully saturated rings. The Bertz CT molecular complexity index is 508. The highest BCUT2D eigenvalue weighted by atomic mass is 32.1. The summed E-state index contributed by atoms with van der Waals surface area (Å²) in [6.07, 6.45) is -3.47. The number of thiazole rings is 1. The highest BCUT2D eigenvalue weighted by molar-refractivity contribution is 7.15. The van der Waals surface area contributed by atoms with Gasteiger partial charge in [0, 0.05) is 0 Å². The molecular weight excluding hydrogens is 261 g/mol. The molecule has 1 N–H and O–H groups in total. The predicted molar refractivity (Wildman–Crippen MR) is 65.6 cm³/mol. The zero-order valence-corrected chi connectivity index (χ0v) is 10.3. The average molecular weight is 272 g/mol. The molecule has 1 atom stereocenters. The number of rotatable bonds is 3. The van der Waals surface area contributed by atoms with Crippen LogP contribution in [-0.4, -0.2) is 4.98 Å². The van der Waals surface area contributed by atoms with E-state index in [1.165, 1.54) is 0 Å². The van der Waals surface area contributed by atoms with Gasteiger partial charge >= 0.3 is 6.18 Å². The number of hydrogen-bond donors (Lipinski definition) is 1. The molecule has 2 rings (SSSR count). The van der Waals surface area contributed by atoms with Crippen LogP contribution in [0.3, 0.4) is 0 Å². The van der Waals surface area contributed by atoms with Crippen LogP contribution in [0.1, 0.15) is 23.4 Å². The monoisotopic (exact) mass is 272 g/mol. The highest BCUT2D eigenvalue weighted by Gasteiger charge is 2.33. The molecule has 0 spiro atoms. The molecule has 0 radical (unpaired) electrons. The smallest absolute Gasteiger partial charge is 0.355 e. The van der Waals surface area contributed by atoms with E-state index < -0.39 is 11.1 Å². The largest absolute Gasteiger partial charge is 0.427 e. The van der Waals surface area contributed by atoms with Crippen molar-refractivity contribution in [3.8, 4) is 0 Å². The number of hydrogen-bond acceptors (Lipinski definition) is 3. The lowest BCUT2D eigenvalue weighted by molar-refractivity contribution is -0.134. The molecule has 0 aliphatic rings. The van der Waals surface area contributed by atoms with Crippen molar-refractivity contribution >= 4 is 16.5 Å². The number of nitrogens with one attached hydrogen (secondary N) is 1. The summed E-state index contributed by atoms with van der Waals surface area (Å²) in [5.74, 6) is 0. The summed E-state index contributed by atoms with van der Waals surface area (Å²) in [4.78, 5) is 3.05. The minimum absolute atomic E-state index is 0.0848. The number of benzene rings is 1. The first-order valence-corrected chi connectivity index (χ1v) is 6.13. The van der Waals surface area contributed by atoms with Gasteiger partial charge in [0.05, 0.1) is 12.2 Å². The van der Waals surface area contributed by atoms with Crippen molar-refractivity contribution in [1.82, 2.24) is 4.98 Å². The molecule has 0 amide bonds. The van der Waals surface area contributed by atoms with Gasteiger partial charge in [-0.05, 0) is 12.5 Å². The first kappa shape index (κ1) is 12.9. The average Bonchev–Trinajstić information content (AvgIpc) is 2.78. The van der Waals surface area contributed by atoms with Gasteiger partial charge < -0.3 is 5.32 Å². The molecule has 1 aromatic carbocycles. The van der Waals surface area contributed by atoms with E-state index in [0.717, 1.165) is 11.8 Å². The maximum absolute atomic E-state index is 12.4. The van der Waals surface area contributed by atoms with Gasteiger partial charge in [-0.25, -0.2) is 4.98 Å². The van der Waals surface area contributed by atoms with Crippen molar-refractivity contribution in [2.75, 3.05) is 5.32 Å². The molecule has 0 saturated carbocycles. The van der Waals surface area contributed by atoms with Crippen molar-refractivity contribution in [3.63, 3.8) is 0 Å². The molecule has 0 bridgehead atoms. The van der Waals surface area contributed by atoms with Gasteiger partial charge in [0.1, 0.15) is 4.88 Å². The lowest BCUT2D eigenvalue weighted by Gasteiger charge is -2.12. The Kier molecular flexibility index (Phi) is 3.56. The summed E-state index contributed by atoms with van der Waals surface area (Å²) >= 11 is 0.616. The van der Waals surface area contributed by atoms with E-state index in [1.54, 1.807) is 0 Å². The fraction of sp³-hybridized carbons (Fsp3) is 0.250. The first-order valence-electron chi connectivity index (χ1n) is 5.31. The van der Waals surface area contributed by atoms with Crippen molar-refractivity contribution in [3.05, 3.63) is 47.0 Å². The van der Waals surface area contributed by atoms with Gasteiger partial charge in [-0.1, -0.05) is 41.7 Å². The molecule has 1 aromatic heterocycles. The summed E-state index contributed by atoms with van der Waals surface area (Å²) in [5, 5.41) is 3.23. The molecule has 96 valence electrons. The van der Waals surface area contributed by atoms with Gasteiger partial charge in [0.25, 0.3) is 0 Å². The van der Waals surface area contributed by atoms with E-state index in [9.17, 15) is 13.2 Å². The lowest BCUT2D eigenvalue weighted by Crippen LogP contribution is -2.05. The van der Waals surface area contributed by atoms with E-state index in [1.807, 2.05) is 37.3 Å². The van der Waals surface area contributed by atoms with E-state index in [4.69, 9.17) is 0 Å². The van der Waals surface area contributed by atoms with Gasteiger partial charge in [-0.15, -0.1) is 0 Å². The third-order valence-electron chi connectivity index (χ3n) is 2.42. The SMILES string of the molecule is C[C@@H](Nc1ncc(C(F)(F)F)s1)c1ccccc1. The summed E-state index contributed by atoms with van der Waals surface area (Å²) in [6, 6.07) is 9.40. The second-order valence-electron chi connectivity index (χ2n) is 3.80. The molecule has 0 unspecified atom stereocenters. The number of alkyl halides is 3. The van der Waals surface area contributed by atoms with Gasteiger partial charge in [-0.2, -0.15) is 13.2 Å². The predicted octanol–water partition coefficient (Wildman–Crippen LogP) is 4.34. The Labute approximate surface area is 106 Å². The van der Waals surface area contributed by atoms with Crippen molar-refractivity contribution in [2.24, 2.45) is 0 Å². The van der Waals surface area contributed by atoms with Crippen LogP contribution in [0.4, 0.5) is 18.3 Å². The second-order valence-corrected chi connectivity index (χ2v) is 4.83. The molecule has 18 heavy (non-hydrogen) atoms. The van der Waals surface area contributed by atoms with Crippen LogP contribution in [0.2, 0.25) is 0 Å². The zero-order chi connectivity index (χ0) is 13.2. The summed E-state index contributed by atoms with van der Waals surface area (Å²) in [5.41, 5.74) is 1.00. The van der Waals surface area contributed by atoms with Gasteiger partial charge in [-0.3, -0.25) is 0 Å². The highest BCUT2D eigenvalue weighted by Crippen LogP contribution is 2.35. The number of aromatic nitrogens is 1. The normalized spacial score (nSPS) is 13.3. The fourth-order valence-corrected chi connectivity index (χ4v) is 2.25. The molecule has 0 aliphatic carbocycles. The summed E-state index contributed by atoms with van der Waals surface area (Å²) in [7, 11) is 0. The van der Waals surface area contributed by atoms with Crippen LogP contribution in [0, 0.1) is 0 Å². The number of nitrogens with zero attached hydrogens (tertiary/aromatic N) is 1. The van der Waals surface area contributed by atoms with Crippen LogP contribution < -0.4 is 5.32 Å². The quantitative estimate of drug-likeness (QED) is 0.899. The first-order chi connectivity index (χ1) is 8.47. The van der Waals surface area contributed by atoms with Crippen LogP contribution in [-0.2, 0) is 6.18 Å². The third-order valence-corrected chi connectivity index (χ3v) is 3.40. The third kappa shape index (κ3) is 3.01. The zero-order valence-electron chi connectivity index (χ0n) is 9.53. The van der Waals surface area contributed by atoms with Gasteiger partial charge in [0.2, 0.25) is 0 Å². The second kappa shape index (κ2) is 4.97. The van der Waals surface area contributed by atoms with Crippen molar-refractivity contribution in [2.45, 2.75) is 19.1 Å². The Morgan fingerprint density at radius 1 is 1.22 bits per heavy atom. The maximum Gasteiger partial charge on any atom is 0.427 e. The molecular formula is C12H11F3N2S. The summed E-state index contributed by atoms with van der Waals surface area (Å²) < 4.78 is 37.2. The minimum atomic E-state index is -4.33. The van der Waals surface area contributed by atoms with E-state index in [0.29, 0.717) is 11.3 Å². The number of halogens is 3. The standard InChI is InChI=1S/C12H11F3N2S/c1-8(9-5-3-2-4-6-9)17-11-16-7-10(18-11)12(13,14)15/h2-8H,1H3,(H,16,17)/t8-/m1/s1. The van der Waals surface area contributed by atoms with Crippen LogP contribution in [0.25, 0.3) is 0 Å². The lowest BCUT2D eigenvalue weighted by atomic mass is 10.1. The molecule has 1 heterocycles. The van der Waals surface area contributed by atoms with Crippen LogP contribution >= 0.6 is 11.3 Å². The van der Waals surface area contributed by atoms with Crippen molar-refractivity contribution < 1.29 is 13.2 Å². The van der Waals surface area contributed by atoms with Crippen LogP contribution in [0.15, 0.2) is 36.5 Å². The van der Waals surface area contributed by atoms with Gasteiger partial charge in [0.15, 0.2) is 5.13 Å². The number of anilines is 1. The maximum atomic E-state index is 12.4. The Morgan fingerprint density at radius 2 is 1.89 bits per heavy atom.